The fourth-order valence-corrected chi connectivity index (χ4v) is 7.84. The Bertz CT molecular complexity index is 1100. The second-order valence-electron chi connectivity index (χ2n) is 16.5. The Kier molecular flexibility index (Phi) is 24.7. The van der Waals surface area contributed by atoms with Crippen LogP contribution in [0.25, 0.3) is 0 Å². The molecule has 1 aliphatic carbocycles. The molecule has 1 rings (SSSR count). The predicted molar refractivity (Wildman–Crippen MR) is 217 cm³/mol. The van der Waals surface area contributed by atoms with Crippen molar-refractivity contribution in [2.24, 2.45) is 11.3 Å². The molecule has 0 aliphatic heterocycles. The summed E-state index contributed by atoms with van der Waals surface area (Å²) >= 11 is 0. The minimum atomic E-state index is -0.902. The van der Waals surface area contributed by atoms with Gasteiger partial charge in [0.25, 0.3) is 0 Å². The highest BCUT2D eigenvalue weighted by Crippen LogP contribution is 2.55. The third-order valence-corrected chi connectivity index (χ3v) is 11.8. The van der Waals surface area contributed by atoms with Gasteiger partial charge in [-0.1, -0.05) is 126 Å². The van der Waals surface area contributed by atoms with E-state index in [0.717, 1.165) is 68.0 Å². The van der Waals surface area contributed by atoms with Crippen LogP contribution in [0.1, 0.15) is 203 Å². The average molecular weight is 713 g/mol. The van der Waals surface area contributed by atoms with E-state index < -0.39 is 17.1 Å². The van der Waals surface area contributed by atoms with Crippen molar-refractivity contribution in [1.29, 1.82) is 0 Å². The summed E-state index contributed by atoms with van der Waals surface area (Å²) in [5.41, 5.74) is 4.10. The summed E-state index contributed by atoms with van der Waals surface area (Å²) in [5.74, 6) is -0.107. The summed E-state index contributed by atoms with van der Waals surface area (Å²) in [6, 6.07) is 0. The molecular formula is C46H80O5. The first-order valence-electron chi connectivity index (χ1n) is 21.0. The van der Waals surface area contributed by atoms with Crippen LogP contribution in [0.3, 0.4) is 0 Å². The molecule has 5 heteroatoms. The van der Waals surface area contributed by atoms with Gasteiger partial charge in [-0.15, -0.1) is 0 Å². The number of carbonyl (C=O) groups excluding carboxylic acids is 2. The lowest BCUT2D eigenvalue weighted by Crippen LogP contribution is -2.52. The highest BCUT2D eigenvalue weighted by atomic mass is 16.5. The van der Waals surface area contributed by atoms with Crippen molar-refractivity contribution in [2.75, 3.05) is 6.61 Å². The van der Waals surface area contributed by atoms with Gasteiger partial charge >= 0.3 is 5.97 Å². The van der Waals surface area contributed by atoms with Gasteiger partial charge < -0.3 is 14.9 Å². The normalized spacial score (nSPS) is 22.8. The van der Waals surface area contributed by atoms with E-state index in [4.69, 9.17) is 4.74 Å². The van der Waals surface area contributed by atoms with Gasteiger partial charge in [0, 0.05) is 11.8 Å². The van der Waals surface area contributed by atoms with Crippen molar-refractivity contribution in [1.82, 2.24) is 0 Å². The van der Waals surface area contributed by atoms with Crippen molar-refractivity contribution in [2.45, 2.75) is 215 Å². The number of aliphatic hydroxyl groups excluding tert-OH is 1. The topological polar surface area (TPSA) is 83.8 Å². The second-order valence-corrected chi connectivity index (χ2v) is 16.5. The molecule has 2 N–H and O–H groups in total. The standard InChI is InChI=1S/C46H80O5/c1-9-10-11-12-13-14-15-16-17-18-19-20-21-29-44(49)51-35-24-28-42-41(40(6)36-47)32-34-46(8,50)45(42,7)33-23-27-39(5)43(48)31-30-38(4)26-22-25-37(2)3/h25,27,30,36,42-43,48,50H,9-24,26,28-29,31-35H2,1-8H3. The van der Waals surface area contributed by atoms with Crippen LogP contribution in [0.2, 0.25) is 0 Å². The van der Waals surface area contributed by atoms with Crippen molar-refractivity contribution in [3.05, 3.63) is 46.1 Å². The number of aldehydes is 1. The summed E-state index contributed by atoms with van der Waals surface area (Å²) in [5, 5.41) is 22.6. The van der Waals surface area contributed by atoms with Gasteiger partial charge in [-0.2, -0.15) is 0 Å². The molecule has 0 spiro atoms. The van der Waals surface area contributed by atoms with E-state index in [1.54, 1.807) is 0 Å². The van der Waals surface area contributed by atoms with Crippen LogP contribution >= 0.6 is 0 Å². The molecule has 1 saturated carbocycles. The first-order valence-corrected chi connectivity index (χ1v) is 21.0. The minimum Gasteiger partial charge on any atom is -0.466 e. The molecule has 1 fully saturated rings. The number of carbonyl (C=O) groups is 2. The molecule has 51 heavy (non-hydrogen) atoms. The lowest BCUT2D eigenvalue weighted by atomic mass is 9.54. The summed E-state index contributed by atoms with van der Waals surface area (Å²) in [6.45, 7) is 17.0. The minimum absolute atomic E-state index is 0.0104. The second kappa shape index (κ2) is 26.7. The van der Waals surface area contributed by atoms with Gasteiger partial charge in [-0.3, -0.25) is 9.59 Å². The largest absolute Gasteiger partial charge is 0.466 e. The number of esters is 1. The van der Waals surface area contributed by atoms with Crippen molar-refractivity contribution < 1.29 is 24.5 Å². The summed E-state index contributed by atoms with van der Waals surface area (Å²) < 4.78 is 5.66. The molecule has 4 unspecified atom stereocenters. The van der Waals surface area contributed by atoms with Crippen LogP contribution in [0.5, 0.6) is 0 Å². The van der Waals surface area contributed by atoms with E-state index in [2.05, 4.69) is 52.8 Å². The maximum atomic E-state index is 12.5. The molecule has 0 aromatic carbocycles. The molecule has 0 amide bonds. The van der Waals surface area contributed by atoms with Crippen LogP contribution in [-0.2, 0) is 14.3 Å². The van der Waals surface area contributed by atoms with Gasteiger partial charge in [0.05, 0.1) is 18.3 Å². The first-order chi connectivity index (χ1) is 24.3. The maximum absolute atomic E-state index is 12.5. The molecule has 0 bridgehead atoms. The smallest absolute Gasteiger partial charge is 0.305 e. The van der Waals surface area contributed by atoms with Crippen LogP contribution in [0.15, 0.2) is 46.1 Å². The highest BCUT2D eigenvalue weighted by molar-refractivity contribution is 5.74. The van der Waals surface area contributed by atoms with Gasteiger partial charge in [0.15, 0.2) is 0 Å². The Morgan fingerprint density at radius 3 is 1.98 bits per heavy atom. The fraction of sp³-hybridized carbons (Fsp3) is 0.783. The zero-order chi connectivity index (χ0) is 38.1. The molecule has 294 valence electrons. The SMILES string of the molecule is CCCCCCCCCCCCCCCC(=O)OCCCC1C(=C(C)C=O)CCC(C)(O)C1(C)CCC=C(C)C(O)CC=C(C)CCC=C(C)C. The number of aliphatic hydroxyl groups is 2. The molecule has 0 radical (unpaired) electrons. The number of rotatable bonds is 28. The van der Waals surface area contributed by atoms with Crippen molar-refractivity contribution >= 4 is 12.3 Å². The van der Waals surface area contributed by atoms with E-state index in [0.29, 0.717) is 38.7 Å². The van der Waals surface area contributed by atoms with E-state index >= 15 is 0 Å². The van der Waals surface area contributed by atoms with Crippen LogP contribution in [0, 0.1) is 11.3 Å². The molecule has 1 aliphatic rings. The predicted octanol–water partition coefficient (Wildman–Crippen LogP) is 12.6. The van der Waals surface area contributed by atoms with Gasteiger partial charge in [0.2, 0.25) is 0 Å². The monoisotopic (exact) mass is 713 g/mol. The van der Waals surface area contributed by atoms with E-state index in [1.165, 1.54) is 81.8 Å². The molecule has 0 aromatic heterocycles. The third kappa shape index (κ3) is 19.1. The molecular weight excluding hydrogens is 633 g/mol. The molecule has 0 aromatic rings. The van der Waals surface area contributed by atoms with Crippen molar-refractivity contribution in [3.63, 3.8) is 0 Å². The van der Waals surface area contributed by atoms with Crippen molar-refractivity contribution in [3.8, 4) is 0 Å². The number of hydrogen-bond acceptors (Lipinski definition) is 5. The lowest BCUT2D eigenvalue weighted by molar-refractivity contribution is -0.144. The summed E-state index contributed by atoms with van der Waals surface area (Å²) in [4.78, 5) is 24.5. The van der Waals surface area contributed by atoms with Crippen LogP contribution < -0.4 is 0 Å². The zero-order valence-electron chi connectivity index (χ0n) is 34.6. The summed E-state index contributed by atoms with van der Waals surface area (Å²) in [7, 11) is 0. The Hall–Kier alpha value is -1.98. The highest BCUT2D eigenvalue weighted by Gasteiger charge is 2.52. The van der Waals surface area contributed by atoms with Crippen LogP contribution in [0.4, 0.5) is 0 Å². The van der Waals surface area contributed by atoms with E-state index in [-0.39, 0.29) is 11.9 Å². The zero-order valence-corrected chi connectivity index (χ0v) is 34.6. The van der Waals surface area contributed by atoms with Gasteiger partial charge in [-0.25, -0.2) is 0 Å². The molecule has 5 nitrogen and oxygen atoms in total. The van der Waals surface area contributed by atoms with E-state index in [1.807, 2.05) is 20.8 Å². The number of allylic oxidation sites excluding steroid dienone is 6. The Balaban J connectivity index is 2.60. The van der Waals surface area contributed by atoms with Gasteiger partial charge in [0.1, 0.15) is 6.29 Å². The number of unbranched alkanes of at least 4 members (excludes halogenated alkanes) is 12. The number of hydrogen-bond donors (Lipinski definition) is 2. The molecule has 0 heterocycles. The molecule has 0 saturated heterocycles. The quantitative estimate of drug-likeness (QED) is 0.0277. The first kappa shape index (κ1) is 47.0. The van der Waals surface area contributed by atoms with E-state index in [9.17, 15) is 19.8 Å². The third-order valence-electron chi connectivity index (χ3n) is 11.8. The maximum Gasteiger partial charge on any atom is 0.305 e. The number of ether oxygens (including phenoxy) is 1. The Morgan fingerprint density at radius 1 is 0.824 bits per heavy atom. The fourth-order valence-electron chi connectivity index (χ4n) is 7.84. The Morgan fingerprint density at radius 2 is 1.41 bits per heavy atom. The summed E-state index contributed by atoms with van der Waals surface area (Å²) in [6.07, 6.45) is 30.9. The van der Waals surface area contributed by atoms with Gasteiger partial charge in [-0.05, 0) is 123 Å². The van der Waals surface area contributed by atoms with Crippen LogP contribution in [-0.4, -0.2) is 40.8 Å². The molecule has 4 atom stereocenters. The Labute approximate surface area is 314 Å². The average Bonchev–Trinajstić information content (AvgIpc) is 3.08. The lowest BCUT2D eigenvalue weighted by Gasteiger charge is -2.53.